The highest BCUT2D eigenvalue weighted by atomic mass is 16.6. The fourth-order valence-corrected chi connectivity index (χ4v) is 5.70. The summed E-state index contributed by atoms with van der Waals surface area (Å²) in [7, 11) is 0. The molecule has 1 atom stereocenters. The lowest BCUT2D eigenvalue weighted by molar-refractivity contribution is -0.384. The first-order chi connectivity index (χ1) is 19.0. The summed E-state index contributed by atoms with van der Waals surface area (Å²) in [5.74, 6) is 0. The third kappa shape index (κ3) is 6.75. The molecule has 1 N–H and O–H groups in total. The second-order valence-corrected chi connectivity index (χ2v) is 10.4. The normalized spacial score (nSPS) is 16.7. The molecule has 1 saturated heterocycles. The van der Waals surface area contributed by atoms with E-state index in [2.05, 4.69) is 73.8 Å². The van der Waals surface area contributed by atoms with Gasteiger partial charge < -0.3 is 10.2 Å². The van der Waals surface area contributed by atoms with Gasteiger partial charge in [0.15, 0.2) is 0 Å². The molecule has 1 fully saturated rings. The largest absolute Gasteiger partial charge is 0.322 e. The molecule has 0 saturated carbocycles. The third-order valence-electron chi connectivity index (χ3n) is 7.87. The van der Waals surface area contributed by atoms with Gasteiger partial charge >= 0.3 is 6.03 Å². The zero-order valence-electron chi connectivity index (χ0n) is 23.0. The maximum Gasteiger partial charge on any atom is 0.322 e. The fourth-order valence-electron chi connectivity index (χ4n) is 5.70. The van der Waals surface area contributed by atoms with Crippen LogP contribution in [0.2, 0.25) is 0 Å². The quantitative estimate of drug-likeness (QED) is 0.118. The van der Waals surface area contributed by atoms with Crippen LogP contribution in [0, 0.1) is 10.1 Å². The van der Waals surface area contributed by atoms with E-state index < -0.39 is 4.92 Å². The van der Waals surface area contributed by atoms with Crippen molar-refractivity contribution in [2.45, 2.75) is 70.3 Å². The van der Waals surface area contributed by atoms with Gasteiger partial charge in [-0.1, -0.05) is 105 Å². The maximum absolute atomic E-state index is 13.8. The number of hydrogen-bond donors (Lipinski definition) is 1. The van der Waals surface area contributed by atoms with Crippen LogP contribution in [-0.4, -0.2) is 28.4 Å². The van der Waals surface area contributed by atoms with E-state index in [1.807, 2.05) is 17.0 Å². The summed E-state index contributed by atoms with van der Waals surface area (Å²) in [5, 5.41) is 14.1. The van der Waals surface area contributed by atoms with E-state index in [0.717, 1.165) is 25.7 Å². The molecule has 0 aromatic heterocycles. The lowest BCUT2D eigenvalue weighted by Crippen LogP contribution is -2.40. The molecule has 4 rings (SSSR count). The Kier molecular flexibility index (Phi) is 9.53. The second kappa shape index (κ2) is 13.2. The highest BCUT2D eigenvalue weighted by molar-refractivity contribution is 5.90. The first-order valence-electron chi connectivity index (χ1n) is 14.1. The Morgan fingerprint density at radius 2 is 1.56 bits per heavy atom. The van der Waals surface area contributed by atoms with E-state index in [4.69, 9.17) is 0 Å². The average molecular weight is 526 g/mol. The fraction of sp³-hybridized carbons (Fsp3) is 0.364. The minimum Gasteiger partial charge on any atom is -0.317 e. The number of benzene rings is 3. The van der Waals surface area contributed by atoms with Gasteiger partial charge in [0.1, 0.15) is 0 Å². The van der Waals surface area contributed by atoms with Gasteiger partial charge in [0.25, 0.3) is 5.69 Å². The summed E-state index contributed by atoms with van der Waals surface area (Å²) in [6.45, 7) is 4.96. The summed E-state index contributed by atoms with van der Waals surface area (Å²) < 4.78 is 0. The zero-order valence-corrected chi connectivity index (χ0v) is 23.0. The summed E-state index contributed by atoms with van der Waals surface area (Å²) in [5.41, 5.74) is 3.97. The van der Waals surface area contributed by atoms with Crippen molar-refractivity contribution in [2.24, 2.45) is 0 Å². The first-order valence-corrected chi connectivity index (χ1v) is 14.1. The monoisotopic (exact) mass is 525 g/mol. The Labute approximate surface area is 231 Å². The topological polar surface area (TPSA) is 75.5 Å². The maximum atomic E-state index is 13.8. The lowest BCUT2D eigenvalue weighted by atomic mass is 9.73. The van der Waals surface area contributed by atoms with E-state index in [1.54, 1.807) is 12.1 Å². The summed E-state index contributed by atoms with van der Waals surface area (Å²) in [4.78, 5) is 26.4. The molecule has 3 aromatic rings. The number of unbranched alkanes of at least 4 members (excludes halogenated alkanes) is 3. The van der Waals surface area contributed by atoms with E-state index in [1.165, 1.54) is 48.1 Å². The summed E-state index contributed by atoms with van der Waals surface area (Å²) >= 11 is 0. The highest BCUT2D eigenvalue weighted by Crippen LogP contribution is 2.44. The second-order valence-electron chi connectivity index (χ2n) is 10.4. The van der Waals surface area contributed by atoms with Gasteiger partial charge in [-0.25, -0.2) is 4.79 Å². The molecule has 0 radical (unpaired) electrons. The molecule has 0 bridgehead atoms. The van der Waals surface area contributed by atoms with Crippen molar-refractivity contribution in [3.05, 3.63) is 118 Å². The van der Waals surface area contributed by atoms with Crippen molar-refractivity contribution in [1.29, 1.82) is 0 Å². The number of amides is 2. The molecule has 2 amide bonds. The molecule has 1 unspecified atom stereocenters. The Hall–Kier alpha value is -3.93. The SMILES string of the molecule is CCCCCC/C(=C/C1CC(c2ccccc2)(c2ccccc2)CN1C(=O)Nc1ccc([N+](=O)[O-])cc1)CC. The Balaban J connectivity index is 1.69. The lowest BCUT2D eigenvalue weighted by Gasteiger charge is -2.30. The predicted octanol–water partition coefficient (Wildman–Crippen LogP) is 8.49. The molecule has 1 heterocycles. The van der Waals surface area contributed by atoms with Gasteiger partial charge in [0.2, 0.25) is 0 Å². The minimum atomic E-state index is -0.437. The van der Waals surface area contributed by atoms with Gasteiger partial charge in [-0.2, -0.15) is 0 Å². The van der Waals surface area contributed by atoms with Crippen LogP contribution in [0.1, 0.15) is 69.9 Å². The molecule has 0 spiro atoms. The van der Waals surface area contributed by atoms with Crippen LogP contribution in [0.15, 0.2) is 96.6 Å². The van der Waals surface area contributed by atoms with E-state index in [9.17, 15) is 14.9 Å². The number of allylic oxidation sites excluding steroid dienone is 1. The molecule has 3 aromatic carbocycles. The van der Waals surface area contributed by atoms with Crippen molar-refractivity contribution < 1.29 is 9.72 Å². The van der Waals surface area contributed by atoms with Crippen molar-refractivity contribution in [2.75, 3.05) is 11.9 Å². The molecule has 6 heteroatoms. The predicted molar refractivity (Wildman–Crippen MR) is 158 cm³/mol. The summed E-state index contributed by atoms with van der Waals surface area (Å²) in [6, 6.07) is 26.7. The number of anilines is 1. The Bertz CT molecular complexity index is 1220. The Morgan fingerprint density at radius 1 is 0.949 bits per heavy atom. The average Bonchev–Trinajstić information content (AvgIpc) is 3.36. The number of likely N-dealkylation sites (tertiary alicyclic amines) is 1. The van der Waals surface area contributed by atoms with Gasteiger partial charge in [-0.3, -0.25) is 10.1 Å². The van der Waals surface area contributed by atoms with Crippen LogP contribution in [0.25, 0.3) is 0 Å². The van der Waals surface area contributed by atoms with Gasteiger partial charge in [0.05, 0.1) is 11.0 Å². The number of nitro benzene ring substituents is 1. The first kappa shape index (κ1) is 28.1. The van der Waals surface area contributed by atoms with Crippen molar-refractivity contribution >= 4 is 17.4 Å². The molecule has 6 nitrogen and oxygen atoms in total. The summed E-state index contributed by atoms with van der Waals surface area (Å²) in [6.07, 6.45) is 9.97. The van der Waals surface area contributed by atoms with Crippen LogP contribution < -0.4 is 5.32 Å². The van der Waals surface area contributed by atoms with Gasteiger partial charge in [-0.05, 0) is 48.9 Å². The third-order valence-corrected chi connectivity index (χ3v) is 7.87. The van der Waals surface area contributed by atoms with E-state index in [0.29, 0.717) is 12.2 Å². The number of nitrogens with one attached hydrogen (secondary N) is 1. The molecule has 0 aliphatic carbocycles. The standard InChI is InChI=1S/C33H39N3O3/c1-3-5-6-9-14-26(4-2)23-31-24-33(27-15-10-7-11-16-27,28-17-12-8-13-18-28)25-35(31)32(37)34-29-19-21-30(22-20-29)36(38)39/h7-8,10-13,15-23,31H,3-6,9,14,24-25H2,1-2H3,(H,34,37)/b26-23+. The molecule has 1 aliphatic heterocycles. The highest BCUT2D eigenvalue weighted by Gasteiger charge is 2.47. The molecule has 39 heavy (non-hydrogen) atoms. The van der Waals surface area contributed by atoms with Crippen LogP contribution >= 0.6 is 0 Å². The van der Waals surface area contributed by atoms with Crippen molar-refractivity contribution in [3.8, 4) is 0 Å². The number of urea groups is 1. The molecular formula is C33H39N3O3. The zero-order chi connectivity index (χ0) is 27.7. The Morgan fingerprint density at radius 3 is 2.10 bits per heavy atom. The number of hydrogen-bond acceptors (Lipinski definition) is 3. The van der Waals surface area contributed by atoms with Crippen LogP contribution in [0.5, 0.6) is 0 Å². The number of non-ortho nitro benzene ring substituents is 1. The van der Waals surface area contributed by atoms with Crippen molar-refractivity contribution in [3.63, 3.8) is 0 Å². The van der Waals surface area contributed by atoms with Crippen LogP contribution in [0.4, 0.5) is 16.2 Å². The number of carbonyl (C=O) groups excluding carboxylic acids is 1. The molecule has 204 valence electrons. The minimum absolute atomic E-state index is 0.00202. The van der Waals surface area contributed by atoms with Gasteiger partial charge in [-0.15, -0.1) is 0 Å². The number of nitro groups is 1. The van der Waals surface area contributed by atoms with Crippen LogP contribution in [0.3, 0.4) is 0 Å². The van der Waals surface area contributed by atoms with Crippen LogP contribution in [-0.2, 0) is 5.41 Å². The van der Waals surface area contributed by atoms with E-state index >= 15 is 0 Å². The van der Waals surface area contributed by atoms with E-state index in [-0.39, 0.29) is 23.2 Å². The number of carbonyl (C=O) groups is 1. The number of nitrogens with zero attached hydrogens (tertiary/aromatic N) is 2. The molecule has 1 aliphatic rings. The smallest absolute Gasteiger partial charge is 0.317 e. The molecular weight excluding hydrogens is 486 g/mol. The number of rotatable bonds is 11. The van der Waals surface area contributed by atoms with Gasteiger partial charge in [0, 0.05) is 29.8 Å². The van der Waals surface area contributed by atoms with Crippen molar-refractivity contribution in [1.82, 2.24) is 4.90 Å².